The van der Waals surface area contributed by atoms with Crippen molar-refractivity contribution in [1.82, 2.24) is 14.8 Å². The Balaban J connectivity index is 2.05. The average molecular weight is 365 g/mol. The van der Waals surface area contributed by atoms with Crippen molar-refractivity contribution in [2.24, 2.45) is 0 Å². The summed E-state index contributed by atoms with van der Waals surface area (Å²) in [5.74, 6) is 0.865. The minimum absolute atomic E-state index is 0.0719. The maximum absolute atomic E-state index is 12.1. The Morgan fingerprint density at radius 3 is 2.80 bits per heavy atom. The molecule has 2 rings (SSSR count). The maximum atomic E-state index is 12.1. The van der Waals surface area contributed by atoms with E-state index in [2.05, 4.69) is 15.5 Å². The molecule has 0 spiro atoms. The molecule has 0 aliphatic heterocycles. The van der Waals surface area contributed by atoms with E-state index in [1.54, 1.807) is 13.0 Å². The van der Waals surface area contributed by atoms with Crippen molar-refractivity contribution in [2.45, 2.75) is 32.5 Å². The van der Waals surface area contributed by atoms with Crippen molar-refractivity contribution in [2.75, 3.05) is 17.7 Å². The molecule has 0 bridgehead atoms. The largest absolute Gasteiger partial charge is 0.494 e. The van der Waals surface area contributed by atoms with E-state index in [0.717, 1.165) is 5.82 Å². The number of hydrogen-bond donors (Lipinski definition) is 1. The second-order valence-corrected chi connectivity index (χ2v) is 5.92. The van der Waals surface area contributed by atoms with E-state index >= 15 is 0 Å². The van der Waals surface area contributed by atoms with Crippen molar-refractivity contribution < 1.29 is 14.5 Å². The Kier molecular flexibility index (Phi) is 6.34. The standard InChI is InChI=1S/C15H19N5O4S/c1-4-19-10(3)17-18-15(19)25-9-14(21)16-12-7-6-11(24-5-2)8-13(12)20(22)23/h6-8H,4-5,9H2,1-3H3,(H,16,21). The second-order valence-electron chi connectivity index (χ2n) is 4.98. The number of amides is 1. The van der Waals surface area contributed by atoms with E-state index < -0.39 is 4.92 Å². The van der Waals surface area contributed by atoms with Gasteiger partial charge >= 0.3 is 0 Å². The topological polar surface area (TPSA) is 112 Å². The molecule has 10 heteroatoms. The molecular weight excluding hydrogens is 346 g/mol. The van der Waals surface area contributed by atoms with Gasteiger partial charge in [0.2, 0.25) is 5.91 Å². The lowest BCUT2D eigenvalue weighted by Gasteiger charge is -2.08. The Morgan fingerprint density at radius 1 is 1.40 bits per heavy atom. The van der Waals surface area contributed by atoms with Crippen LogP contribution in [0.25, 0.3) is 0 Å². The summed E-state index contributed by atoms with van der Waals surface area (Å²) in [4.78, 5) is 22.8. The first-order valence-electron chi connectivity index (χ1n) is 7.69. The minimum Gasteiger partial charge on any atom is -0.494 e. The summed E-state index contributed by atoms with van der Waals surface area (Å²) in [6.45, 7) is 6.69. The molecule has 0 atom stereocenters. The molecule has 9 nitrogen and oxygen atoms in total. The quantitative estimate of drug-likeness (QED) is 0.435. The number of benzene rings is 1. The number of hydrogen-bond acceptors (Lipinski definition) is 7. The van der Waals surface area contributed by atoms with Crippen molar-refractivity contribution >= 4 is 29.0 Å². The van der Waals surface area contributed by atoms with E-state index in [1.165, 1.54) is 23.9 Å². The zero-order valence-corrected chi connectivity index (χ0v) is 15.0. The van der Waals surface area contributed by atoms with Crippen LogP contribution in [0.3, 0.4) is 0 Å². The number of nitrogens with one attached hydrogen (secondary N) is 1. The summed E-state index contributed by atoms with van der Waals surface area (Å²) in [7, 11) is 0. The summed E-state index contributed by atoms with van der Waals surface area (Å²) in [6.07, 6.45) is 0. The molecule has 0 fully saturated rings. The molecule has 1 aromatic carbocycles. The van der Waals surface area contributed by atoms with Gasteiger partial charge in [-0.05, 0) is 32.9 Å². The number of aryl methyl sites for hydroxylation is 1. The molecule has 0 aliphatic rings. The number of ether oxygens (including phenoxy) is 1. The number of nitro groups is 1. The first-order valence-corrected chi connectivity index (χ1v) is 8.68. The lowest BCUT2D eigenvalue weighted by atomic mass is 10.2. The number of anilines is 1. The van der Waals surface area contributed by atoms with E-state index in [0.29, 0.717) is 24.1 Å². The number of rotatable bonds is 8. The van der Waals surface area contributed by atoms with E-state index in [9.17, 15) is 14.9 Å². The van der Waals surface area contributed by atoms with Gasteiger partial charge < -0.3 is 14.6 Å². The molecule has 0 saturated carbocycles. The van der Waals surface area contributed by atoms with Gasteiger partial charge in [-0.2, -0.15) is 0 Å². The van der Waals surface area contributed by atoms with Crippen LogP contribution in [-0.2, 0) is 11.3 Å². The third-order valence-corrected chi connectivity index (χ3v) is 4.27. The van der Waals surface area contributed by atoms with E-state index in [-0.39, 0.29) is 23.0 Å². The average Bonchev–Trinajstić information content (AvgIpc) is 2.94. The van der Waals surface area contributed by atoms with Gasteiger partial charge in [0.25, 0.3) is 5.69 Å². The van der Waals surface area contributed by atoms with Gasteiger partial charge in [-0.25, -0.2) is 0 Å². The number of nitro benzene ring substituents is 1. The highest BCUT2D eigenvalue weighted by atomic mass is 32.2. The summed E-state index contributed by atoms with van der Waals surface area (Å²) >= 11 is 1.23. The minimum atomic E-state index is -0.553. The normalized spacial score (nSPS) is 10.5. The van der Waals surface area contributed by atoms with E-state index in [4.69, 9.17) is 4.74 Å². The molecule has 0 aliphatic carbocycles. The number of carbonyl (C=O) groups excluding carboxylic acids is 1. The summed E-state index contributed by atoms with van der Waals surface area (Å²) in [5.41, 5.74) is -0.0796. The Labute approximate surface area is 148 Å². The van der Waals surface area contributed by atoms with Crippen molar-refractivity contribution in [3.8, 4) is 5.75 Å². The van der Waals surface area contributed by atoms with Crippen LogP contribution >= 0.6 is 11.8 Å². The summed E-state index contributed by atoms with van der Waals surface area (Å²) in [6, 6.07) is 4.34. The first-order chi connectivity index (χ1) is 12.0. The number of nitrogens with zero attached hydrogens (tertiary/aromatic N) is 4. The third-order valence-electron chi connectivity index (χ3n) is 3.30. The van der Waals surface area contributed by atoms with Crippen LogP contribution in [0.2, 0.25) is 0 Å². The molecule has 1 amide bonds. The molecular formula is C15H19N5O4S. The van der Waals surface area contributed by atoms with Crippen LogP contribution in [0.5, 0.6) is 5.75 Å². The van der Waals surface area contributed by atoms with Gasteiger partial charge in [0.1, 0.15) is 17.3 Å². The number of aromatic nitrogens is 3. The second kappa shape index (κ2) is 8.47. The number of carbonyl (C=O) groups is 1. The first kappa shape index (κ1) is 18.7. The van der Waals surface area contributed by atoms with E-state index in [1.807, 2.05) is 18.4 Å². The highest BCUT2D eigenvalue weighted by Crippen LogP contribution is 2.29. The summed E-state index contributed by atoms with van der Waals surface area (Å²) < 4.78 is 7.14. The molecule has 1 aromatic heterocycles. The van der Waals surface area contributed by atoms with Gasteiger partial charge in [-0.3, -0.25) is 14.9 Å². The third kappa shape index (κ3) is 4.69. The molecule has 2 aromatic rings. The molecule has 0 saturated heterocycles. The zero-order valence-electron chi connectivity index (χ0n) is 14.2. The highest BCUT2D eigenvalue weighted by Gasteiger charge is 2.18. The molecule has 0 radical (unpaired) electrons. The molecule has 1 heterocycles. The van der Waals surface area contributed by atoms with Gasteiger partial charge in [0.15, 0.2) is 5.16 Å². The van der Waals surface area contributed by atoms with Crippen LogP contribution in [0.1, 0.15) is 19.7 Å². The zero-order chi connectivity index (χ0) is 18.4. The van der Waals surface area contributed by atoms with Crippen LogP contribution in [0, 0.1) is 17.0 Å². The fraction of sp³-hybridized carbons (Fsp3) is 0.400. The monoisotopic (exact) mass is 365 g/mol. The van der Waals surface area contributed by atoms with Crippen molar-refractivity contribution in [3.63, 3.8) is 0 Å². The highest BCUT2D eigenvalue weighted by molar-refractivity contribution is 7.99. The lowest BCUT2D eigenvalue weighted by Crippen LogP contribution is -2.15. The Morgan fingerprint density at radius 2 is 2.16 bits per heavy atom. The fourth-order valence-corrected chi connectivity index (χ4v) is 3.02. The SMILES string of the molecule is CCOc1ccc(NC(=O)CSc2nnc(C)n2CC)c([N+](=O)[O-])c1. The van der Waals surface area contributed by atoms with Crippen molar-refractivity contribution in [1.29, 1.82) is 0 Å². The predicted octanol–water partition coefficient (Wildman–Crippen LogP) is 2.64. The van der Waals surface area contributed by atoms with Crippen LogP contribution in [-0.4, -0.2) is 38.0 Å². The molecule has 25 heavy (non-hydrogen) atoms. The molecule has 134 valence electrons. The van der Waals surface area contributed by atoms with Crippen LogP contribution < -0.4 is 10.1 Å². The summed E-state index contributed by atoms with van der Waals surface area (Å²) in [5, 5.41) is 22.4. The van der Waals surface area contributed by atoms with Gasteiger partial charge in [-0.15, -0.1) is 10.2 Å². The van der Waals surface area contributed by atoms with Gasteiger partial charge in [-0.1, -0.05) is 11.8 Å². The van der Waals surface area contributed by atoms with Crippen LogP contribution in [0.15, 0.2) is 23.4 Å². The lowest BCUT2D eigenvalue weighted by molar-refractivity contribution is -0.384. The molecule has 0 unspecified atom stereocenters. The van der Waals surface area contributed by atoms with Gasteiger partial charge in [0, 0.05) is 6.54 Å². The predicted molar refractivity (Wildman–Crippen MR) is 94.1 cm³/mol. The number of thioether (sulfide) groups is 1. The Hall–Kier alpha value is -2.62. The Bertz CT molecular complexity index is 777. The van der Waals surface area contributed by atoms with Crippen molar-refractivity contribution in [3.05, 3.63) is 34.1 Å². The van der Waals surface area contributed by atoms with Crippen LogP contribution in [0.4, 0.5) is 11.4 Å². The fourth-order valence-electron chi connectivity index (χ4n) is 2.17. The smallest absolute Gasteiger partial charge is 0.296 e. The maximum Gasteiger partial charge on any atom is 0.296 e. The molecule has 1 N–H and O–H groups in total. The van der Waals surface area contributed by atoms with Gasteiger partial charge in [0.05, 0.1) is 23.3 Å².